The number of amides is 1. The molecule has 1 saturated heterocycles. The number of rotatable bonds is 0. The van der Waals surface area contributed by atoms with E-state index in [0.717, 1.165) is 11.0 Å². The van der Waals surface area contributed by atoms with Crippen LogP contribution in [0.15, 0.2) is 12.1 Å². The van der Waals surface area contributed by atoms with Gasteiger partial charge in [-0.25, -0.2) is 8.78 Å². The van der Waals surface area contributed by atoms with Crippen molar-refractivity contribution in [3.8, 4) is 5.75 Å². The van der Waals surface area contributed by atoms with E-state index in [0.29, 0.717) is 38.2 Å². The van der Waals surface area contributed by atoms with E-state index in [1.807, 2.05) is 6.92 Å². The predicted octanol–water partition coefficient (Wildman–Crippen LogP) is 4.23. The van der Waals surface area contributed by atoms with Gasteiger partial charge in [0.25, 0.3) is 0 Å². The average Bonchev–Trinajstić information content (AvgIpc) is 3.01. The van der Waals surface area contributed by atoms with Gasteiger partial charge in [0.05, 0.1) is 18.8 Å². The van der Waals surface area contributed by atoms with Gasteiger partial charge in [-0.2, -0.15) is 8.78 Å². The van der Waals surface area contributed by atoms with Crippen LogP contribution in [0, 0.1) is 17.6 Å². The van der Waals surface area contributed by atoms with Crippen molar-refractivity contribution in [1.82, 2.24) is 4.90 Å². The molecule has 5 rings (SSSR count). The maximum Gasteiger partial charge on any atom is 0.482 e. The third-order valence-corrected chi connectivity index (χ3v) is 6.28. The van der Waals surface area contributed by atoms with Crippen LogP contribution in [0.4, 0.5) is 17.6 Å². The minimum Gasteiger partial charge on any atom is -0.422 e. The number of nitrogens with zero attached hydrogens (tertiary/aromatic N) is 1. The van der Waals surface area contributed by atoms with Crippen LogP contribution >= 0.6 is 0 Å². The van der Waals surface area contributed by atoms with Crippen LogP contribution in [0.5, 0.6) is 5.75 Å². The third kappa shape index (κ3) is 3.47. The Hall–Kier alpha value is -1.83. The van der Waals surface area contributed by atoms with Gasteiger partial charge >= 0.3 is 12.0 Å². The van der Waals surface area contributed by atoms with Crippen LogP contribution in [0.25, 0.3) is 0 Å². The second kappa shape index (κ2) is 7.21. The highest BCUT2D eigenvalue weighted by molar-refractivity contribution is 5.83. The number of carbonyl (C=O) groups excluding carboxylic acids is 1. The fourth-order valence-electron chi connectivity index (χ4n) is 4.62. The molecule has 1 amide bonds. The van der Waals surface area contributed by atoms with Gasteiger partial charge in [0.15, 0.2) is 11.6 Å². The van der Waals surface area contributed by atoms with E-state index in [4.69, 9.17) is 4.74 Å². The van der Waals surface area contributed by atoms with Crippen molar-refractivity contribution in [1.29, 1.82) is 0 Å². The second-order valence-corrected chi connectivity index (χ2v) is 8.06. The van der Waals surface area contributed by atoms with Crippen LogP contribution in [0.2, 0.25) is 0 Å². The number of hydrogen-bond donors (Lipinski definition) is 0. The van der Waals surface area contributed by atoms with Crippen LogP contribution in [0.1, 0.15) is 50.5 Å². The van der Waals surface area contributed by atoms with Gasteiger partial charge < -0.3 is 14.4 Å². The van der Waals surface area contributed by atoms with E-state index in [1.54, 1.807) is 0 Å². The van der Waals surface area contributed by atoms with Crippen LogP contribution in [0.3, 0.4) is 0 Å². The van der Waals surface area contributed by atoms with E-state index in [-0.39, 0.29) is 36.7 Å². The first-order chi connectivity index (χ1) is 13.3. The van der Waals surface area contributed by atoms with Crippen molar-refractivity contribution in [3.63, 3.8) is 0 Å². The number of fused-ring (bicyclic) bond motifs is 5. The van der Waals surface area contributed by atoms with Crippen molar-refractivity contribution >= 4 is 5.91 Å². The van der Waals surface area contributed by atoms with E-state index >= 15 is 0 Å². The van der Waals surface area contributed by atoms with Gasteiger partial charge in [0.1, 0.15) is 5.82 Å². The average molecular weight is 401 g/mol. The molecule has 28 heavy (non-hydrogen) atoms. The Morgan fingerprint density at radius 3 is 2.54 bits per heavy atom. The molecule has 0 unspecified atom stereocenters. The Bertz CT molecular complexity index is 764. The summed E-state index contributed by atoms with van der Waals surface area (Å²) in [6, 6.07) is 1.07. The summed E-state index contributed by atoms with van der Waals surface area (Å²) >= 11 is 0. The van der Waals surface area contributed by atoms with Crippen LogP contribution in [-0.4, -0.2) is 42.2 Å². The van der Waals surface area contributed by atoms with E-state index in [1.165, 1.54) is 0 Å². The monoisotopic (exact) mass is 401 g/mol. The highest BCUT2D eigenvalue weighted by Crippen LogP contribution is 2.42. The molecule has 154 valence electrons. The SMILES string of the molecule is C[C@H]1CCN2C(=O)C(F)(F)Oc3c(F)cc(F)cc3C3CCC(CC3)OC[C@@H]12. The third-order valence-electron chi connectivity index (χ3n) is 6.28. The molecule has 2 atom stereocenters. The fourth-order valence-corrected chi connectivity index (χ4v) is 4.62. The first-order valence-corrected chi connectivity index (χ1v) is 9.74. The summed E-state index contributed by atoms with van der Waals surface area (Å²) in [5, 5.41) is 0. The largest absolute Gasteiger partial charge is 0.482 e. The number of ether oxygens (including phenoxy) is 2. The van der Waals surface area contributed by atoms with Gasteiger partial charge in [-0.3, -0.25) is 4.79 Å². The van der Waals surface area contributed by atoms with Crippen molar-refractivity contribution in [2.24, 2.45) is 5.92 Å². The van der Waals surface area contributed by atoms with Crippen molar-refractivity contribution < 1.29 is 31.8 Å². The quantitative estimate of drug-likeness (QED) is 0.611. The second-order valence-electron chi connectivity index (χ2n) is 8.06. The summed E-state index contributed by atoms with van der Waals surface area (Å²) in [4.78, 5) is 13.6. The summed E-state index contributed by atoms with van der Waals surface area (Å²) in [6.07, 6.45) is -1.30. The Labute approximate surface area is 160 Å². The first kappa shape index (κ1) is 19.5. The fraction of sp³-hybridized carbons (Fsp3) is 0.650. The first-order valence-electron chi connectivity index (χ1n) is 9.74. The zero-order chi connectivity index (χ0) is 20.1. The van der Waals surface area contributed by atoms with E-state index < -0.39 is 35.4 Å². The molecule has 3 heterocycles. The lowest BCUT2D eigenvalue weighted by Gasteiger charge is -2.31. The molecule has 4 aliphatic rings. The molecule has 1 aromatic rings. The Morgan fingerprint density at radius 2 is 1.82 bits per heavy atom. The molecule has 4 nitrogen and oxygen atoms in total. The molecule has 1 saturated carbocycles. The van der Waals surface area contributed by atoms with Crippen molar-refractivity contribution in [2.45, 2.75) is 63.2 Å². The molecule has 0 aromatic heterocycles. The maximum atomic E-state index is 14.7. The zero-order valence-corrected chi connectivity index (χ0v) is 15.6. The topological polar surface area (TPSA) is 38.8 Å². The lowest BCUT2D eigenvalue weighted by Crippen LogP contribution is -2.51. The van der Waals surface area contributed by atoms with Crippen molar-refractivity contribution in [2.75, 3.05) is 13.2 Å². The number of carbonyl (C=O) groups is 1. The summed E-state index contributed by atoms with van der Waals surface area (Å²) < 4.78 is 68.3. The summed E-state index contributed by atoms with van der Waals surface area (Å²) in [5.74, 6) is -4.63. The molecular weight excluding hydrogens is 378 g/mol. The van der Waals surface area contributed by atoms with Crippen molar-refractivity contribution in [3.05, 3.63) is 29.3 Å². The molecule has 0 spiro atoms. The summed E-state index contributed by atoms with van der Waals surface area (Å²) in [6.45, 7) is 2.25. The molecule has 0 N–H and O–H groups in total. The Balaban J connectivity index is 1.76. The molecule has 2 fully saturated rings. The molecule has 2 bridgehead atoms. The predicted molar refractivity (Wildman–Crippen MR) is 92.2 cm³/mol. The normalized spacial score (nSPS) is 32.6. The van der Waals surface area contributed by atoms with E-state index in [9.17, 15) is 22.4 Å². The lowest BCUT2D eigenvalue weighted by molar-refractivity contribution is -0.206. The van der Waals surface area contributed by atoms with Gasteiger partial charge in [0, 0.05) is 18.2 Å². The molecule has 1 aromatic carbocycles. The minimum absolute atomic E-state index is 0.0133. The standard InChI is InChI=1S/C20H23F4NO3/c1-11-6-7-25-17(11)10-27-14-4-2-12(3-5-14)15-8-13(21)9-16(22)18(15)28-20(23,24)19(25)26/h8-9,11-12,14,17H,2-7,10H2,1H3/t11-,12?,14?,17-/m0/s1. The molecule has 3 aliphatic heterocycles. The Morgan fingerprint density at radius 1 is 1.11 bits per heavy atom. The van der Waals surface area contributed by atoms with Gasteiger partial charge in [-0.1, -0.05) is 6.92 Å². The highest BCUT2D eigenvalue weighted by Gasteiger charge is 2.51. The maximum absolute atomic E-state index is 14.7. The molecule has 0 radical (unpaired) electrons. The van der Waals surface area contributed by atoms with E-state index in [2.05, 4.69) is 4.74 Å². The van der Waals surface area contributed by atoms with Crippen LogP contribution < -0.4 is 4.74 Å². The zero-order valence-electron chi connectivity index (χ0n) is 15.6. The number of benzene rings is 1. The summed E-state index contributed by atoms with van der Waals surface area (Å²) in [7, 11) is 0. The number of alkyl halides is 2. The molecule has 1 aliphatic carbocycles. The smallest absolute Gasteiger partial charge is 0.422 e. The van der Waals surface area contributed by atoms with Gasteiger partial charge in [-0.05, 0) is 50.0 Å². The van der Waals surface area contributed by atoms with Crippen LogP contribution in [-0.2, 0) is 9.53 Å². The highest BCUT2D eigenvalue weighted by atomic mass is 19.3. The Kier molecular flexibility index (Phi) is 5.02. The minimum atomic E-state index is -4.25. The van der Waals surface area contributed by atoms with Gasteiger partial charge in [-0.15, -0.1) is 0 Å². The number of halogens is 4. The summed E-state index contributed by atoms with van der Waals surface area (Å²) in [5.41, 5.74) is 0.0500. The lowest BCUT2D eigenvalue weighted by atomic mass is 9.82. The molecule has 8 heteroatoms. The van der Waals surface area contributed by atoms with Gasteiger partial charge in [0.2, 0.25) is 0 Å². The molecular formula is C20H23F4NO3. The number of hydrogen-bond acceptors (Lipinski definition) is 3.